The average Bonchev–Trinajstić information content (AvgIpc) is 3.36. The molecule has 10 rings (SSSR count). The molecule has 0 aliphatic carbocycles. The van der Waals surface area contributed by atoms with Gasteiger partial charge in [-0.1, -0.05) is 72.8 Å². The van der Waals surface area contributed by atoms with Crippen LogP contribution in [-0.2, 0) is 22.8 Å². The van der Waals surface area contributed by atoms with Gasteiger partial charge in [-0.15, -0.1) is 0 Å². The van der Waals surface area contributed by atoms with Crippen molar-refractivity contribution in [1.82, 2.24) is 29.9 Å². The first-order valence-corrected chi connectivity index (χ1v) is 21.0. The monoisotopic (exact) mass is 870 g/mol. The minimum absolute atomic E-state index is 0.250. The van der Waals surface area contributed by atoms with Crippen molar-refractivity contribution in [3.05, 3.63) is 182 Å². The van der Waals surface area contributed by atoms with Crippen LogP contribution in [0.4, 0.5) is 11.6 Å². The lowest BCUT2D eigenvalue weighted by molar-refractivity contribution is -0.118. The maximum absolute atomic E-state index is 13.5. The number of carbonyl (C=O) groups excluding carboxylic acids is 2. The topological polar surface area (TPSA) is 172 Å². The lowest BCUT2D eigenvalue weighted by Gasteiger charge is -2.19. The Morgan fingerprint density at radius 1 is 0.409 bits per heavy atom. The molecule has 322 valence electrons. The van der Waals surface area contributed by atoms with Crippen molar-refractivity contribution in [2.24, 2.45) is 0 Å². The van der Waals surface area contributed by atoms with Gasteiger partial charge in [-0.2, -0.15) is 9.97 Å². The lowest BCUT2D eigenvalue weighted by atomic mass is 9.92. The Kier molecular flexibility index (Phi) is 11.6. The minimum atomic E-state index is -0.430. The van der Waals surface area contributed by atoms with Crippen LogP contribution in [0.3, 0.4) is 0 Å². The number of nitrogens with zero attached hydrogens (tertiary/aromatic N) is 6. The minimum Gasteiger partial charge on any atom is -0.483 e. The summed E-state index contributed by atoms with van der Waals surface area (Å²) in [7, 11) is 0. The Hall–Kier alpha value is -9.04. The van der Waals surface area contributed by atoms with Crippen LogP contribution in [0.2, 0.25) is 0 Å². The molecule has 2 N–H and O–H groups in total. The van der Waals surface area contributed by atoms with E-state index in [0.29, 0.717) is 57.3 Å². The number of amides is 2. The average molecular weight is 871 g/mol. The second-order valence-electron chi connectivity index (χ2n) is 15.0. The molecule has 0 unspecified atom stereocenters. The molecule has 66 heavy (non-hydrogen) atoms. The van der Waals surface area contributed by atoms with Gasteiger partial charge in [0.05, 0.1) is 11.4 Å². The Morgan fingerprint density at radius 2 is 0.833 bits per heavy atom. The summed E-state index contributed by atoms with van der Waals surface area (Å²) in [6, 6.07) is 48.8. The van der Waals surface area contributed by atoms with Crippen LogP contribution in [-0.4, -0.2) is 54.9 Å². The fraction of sp³-hybridized carbons (Fsp3) is 0.0769. The van der Waals surface area contributed by atoms with Gasteiger partial charge < -0.3 is 29.6 Å². The molecule has 0 fully saturated rings. The van der Waals surface area contributed by atoms with Crippen LogP contribution in [0.5, 0.6) is 23.3 Å². The number of rotatable bonds is 15. The van der Waals surface area contributed by atoms with E-state index in [1.807, 2.05) is 133 Å². The quantitative estimate of drug-likeness (QED) is 0.100. The van der Waals surface area contributed by atoms with Crippen LogP contribution in [0.25, 0.3) is 54.7 Å². The number of hydrogen-bond donors (Lipinski definition) is 2. The second kappa shape index (κ2) is 18.7. The molecule has 10 aromatic rings. The van der Waals surface area contributed by atoms with Crippen molar-refractivity contribution in [3.8, 4) is 34.4 Å². The molecule has 0 spiro atoms. The van der Waals surface area contributed by atoms with Crippen molar-refractivity contribution in [3.63, 3.8) is 0 Å². The van der Waals surface area contributed by atoms with Crippen molar-refractivity contribution in [2.45, 2.75) is 13.2 Å². The van der Waals surface area contributed by atoms with E-state index < -0.39 is 11.8 Å². The van der Waals surface area contributed by atoms with Gasteiger partial charge in [-0.05, 0) is 94.3 Å². The van der Waals surface area contributed by atoms with Gasteiger partial charge in [0.2, 0.25) is 11.8 Å². The van der Waals surface area contributed by atoms with E-state index in [1.165, 1.54) is 0 Å². The highest BCUT2D eigenvalue weighted by molar-refractivity contribution is 6.10. The molecule has 4 aromatic carbocycles. The Balaban J connectivity index is 0.871. The SMILES string of the molecule is O=C(COc1ccc2ccccc2c1-c1c(OCC(=O)Nc2ccc3ccc(OCc4ccccn4)nc3n2)ccc2ccccc12)Nc1ccc2ccc(OCc3ccccn3)nc2n1. The van der Waals surface area contributed by atoms with Crippen LogP contribution >= 0.6 is 0 Å². The molecule has 6 aromatic heterocycles. The molecular formula is C52H38N8O6. The van der Waals surface area contributed by atoms with Crippen LogP contribution in [0.15, 0.2) is 170 Å². The number of benzene rings is 4. The molecule has 14 nitrogen and oxygen atoms in total. The zero-order chi connectivity index (χ0) is 44.7. The zero-order valence-electron chi connectivity index (χ0n) is 35.1. The normalized spacial score (nSPS) is 11.1. The highest BCUT2D eigenvalue weighted by atomic mass is 16.5. The zero-order valence-corrected chi connectivity index (χ0v) is 35.1. The number of carbonyl (C=O) groups is 2. The number of ether oxygens (including phenoxy) is 4. The van der Waals surface area contributed by atoms with Crippen molar-refractivity contribution >= 4 is 67.1 Å². The third-order valence-electron chi connectivity index (χ3n) is 10.5. The largest absolute Gasteiger partial charge is 0.483 e. The molecule has 0 saturated heterocycles. The molecule has 6 heterocycles. The summed E-state index contributed by atoms with van der Waals surface area (Å²) < 4.78 is 24.4. The molecule has 2 amide bonds. The summed E-state index contributed by atoms with van der Waals surface area (Å²) in [6.45, 7) is -0.165. The first-order chi connectivity index (χ1) is 32.5. The third kappa shape index (κ3) is 9.33. The Morgan fingerprint density at radius 3 is 1.29 bits per heavy atom. The molecule has 0 aliphatic rings. The summed E-state index contributed by atoms with van der Waals surface area (Å²) in [4.78, 5) is 53.9. The standard InChI is InChI=1S/C52H38N8O6/c61-45(55-43-23-17-35-19-25-47(59-51(35)57-43)65-29-37-11-5-7-27-53-37)31-63-41-21-15-33-9-1-3-13-39(33)49(41)50-40-14-4-2-10-34(40)16-22-42(50)64-32-46(62)56-44-24-18-36-20-26-48(60-52(36)58-44)66-30-38-12-6-8-28-54-38/h1-28H,29-32H2,(H,55,57,59,61)(H,56,58,60,62). The predicted octanol–water partition coefficient (Wildman–Crippen LogP) is 9.53. The van der Waals surface area contributed by atoms with Gasteiger partial charge in [0.1, 0.15) is 36.3 Å². The van der Waals surface area contributed by atoms with Gasteiger partial charge in [-0.25, -0.2) is 9.97 Å². The molecule has 0 atom stereocenters. The lowest BCUT2D eigenvalue weighted by Crippen LogP contribution is -2.21. The summed E-state index contributed by atoms with van der Waals surface area (Å²) in [5.41, 5.74) is 3.74. The smallest absolute Gasteiger partial charge is 0.263 e. The summed E-state index contributed by atoms with van der Waals surface area (Å²) in [6.07, 6.45) is 3.41. The van der Waals surface area contributed by atoms with Gasteiger partial charge >= 0.3 is 0 Å². The van der Waals surface area contributed by atoms with E-state index >= 15 is 0 Å². The molecule has 14 heteroatoms. The van der Waals surface area contributed by atoms with E-state index in [4.69, 9.17) is 18.9 Å². The van der Waals surface area contributed by atoms with Gasteiger partial charge in [0, 0.05) is 46.4 Å². The van der Waals surface area contributed by atoms with Crippen molar-refractivity contribution in [1.29, 1.82) is 0 Å². The van der Waals surface area contributed by atoms with Gasteiger partial charge in [-0.3, -0.25) is 19.6 Å². The molecular weight excluding hydrogens is 833 g/mol. The number of fused-ring (bicyclic) bond motifs is 4. The third-order valence-corrected chi connectivity index (χ3v) is 10.5. The fourth-order valence-electron chi connectivity index (χ4n) is 7.43. The van der Waals surface area contributed by atoms with E-state index in [9.17, 15) is 9.59 Å². The van der Waals surface area contributed by atoms with Crippen LogP contribution < -0.4 is 29.6 Å². The summed E-state index contributed by atoms with van der Waals surface area (Å²) in [5, 5.41) is 10.9. The molecule has 0 saturated carbocycles. The summed E-state index contributed by atoms with van der Waals surface area (Å²) in [5.74, 6) is 1.39. The maximum Gasteiger partial charge on any atom is 0.263 e. The molecule has 0 aliphatic heterocycles. The summed E-state index contributed by atoms with van der Waals surface area (Å²) >= 11 is 0. The first kappa shape index (κ1) is 41.0. The van der Waals surface area contributed by atoms with E-state index in [-0.39, 0.29) is 26.4 Å². The number of pyridine rings is 6. The Bertz CT molecular complexity index is 3170. The Labute approximate surface area is 377 Å². The van der Waals surface area contributed by atoms with Crippen LogP contribution in [0, 0.1) is 0 Å². The number of nitrogens with one attached hydrogen (secondary N) is 2. The van der Waals surface area contributed by atoms with E-state index in [2.05, 4.69) is 40.5 Å². The number of anilines is 2. The predicted molar refractivity (Wildman–Crippen MR) is 251 cm³/mol. The number of hydrogen-bond acceptors (Lipinski definition) is 12. The fourth-order valence-corrected chi connectivity index (χ4v) is 7.43. The van der Waals surface area contributed by atoms with Gasteiger partial charge in [0.15, 0.2) is 24.5 Å². The second-order valence-corrected chi connectivity index (χ2v) is 15.0. The molecule has 0 radical (unpaired) electrons. The van der Waals surface area contributed by atoms with Crippen molar-refractivity contribution < 1.29 is 28.5 Å². The van der Waals surface area contributed by atoms with Crippen LogP contribution in [0.1, 0.15) is 11.4 Å². The maximum atomic E-state index is 13.5. The molecule has 0 bridgehead atoms. The van der Waals surface area contributed by atoms with E-state index in [1.54, 1.807) is 36.7 Å². The van der Waals surface area contributed by atoms with Crippen molar-refractivity contribution in [2.75, 3.05) is 23.8 Å². The highest BCUT2D eigenvalue weighted by Gasteiger charge is 2.21. The van der Waals surface area contributed by atoms with E-state index in [0.717, 1.165) is 43.7 Å². The highest BCUT2D eigenvalue weighted by Crippen LogP contribution is 2.45. The number of aromatic nitrogens is 6. The van der Waals surface area contributed by atoms with Gasteiger partial charge in [0.25, 0.3) is 11.8 Å². The first-order valence-electron chi connectivity index (χ1n) is 21.0.